The number of thiophene rings is 1. The van der Waals surface area contributed by atoms with E-state index in [9.17, 15) is 13.2 Å². The molecular formula is C23H27N5O3S2. The van der Waals surface area contributed by atoms with E-state index in [4.69, 9.17) is 0 Å². The number of hydrogen-bond acceptors (Lipinski definition) is 6. The maximum absolute atomic E-state index is 13.0. The lowest BCUT2D eigenvalue weighted by molar-refractivity contribution is -0.120. The molecule has 2 aliphatic heterocycles. The van der Waals surface area contributed by atoms with Gasteiger partial charge in [-0.3, -0.25) is 4.79 Å². The summed E-state index contributed by atoms with van der Waals surface area (Å²) in [6.45, 7) is 1.55. The summed E-state index contributed by atoms with van der Waals surface area (Å²) in [7, 11) is -3.55. The second-order valence-electron chi connectivity index (χ2n) is 8.61. The summed E-state index contributed by atoms with van der Waals surface area (Å²) in [5, 5.41) is 13.5. The molecule has 3 aromatic rings. The van der Waals surface area contributed by atoms with Crippen molar-refractivity contribution in [1.29, 1.82) is 0 Å². The van der Waals surface area contributed by atoms with E-state index in [0.717, 1.165) is 43.0 Å². The van der Waals surface area contributed by atoms with Crippen LogP contribution in [-0.2, 0) is 27.8 Å². The average molecular weight is 486 g/mol. The summed E-state index contributed by atoms with van der Waals surface area (Å²) in [5.74, 6) is 1.31. The second kappa shape index (κ2) is 9.36. The average Bonchev–Trinajstić information content (AvgIpc) is 3.46. The number of fused-ring (bicyclic) bond motifs is 1. The SMILES string of the molecule is O=C(Nc1cccc(-c2nnc3n2CCCCC3)c1)[C@H]1CCCN(S(=O)(=O)c2cccs2)C1. The Morgan fingerprint density at radius 2 is 1.97 bits per heavy atom. The number of nitrogens with zero attached hydrogens (tertiary/aromatic N) is 4. The first-order valence-corrected chi connectivity index (χ1v) is 13.7. The summed E-state index contributed by atoms with van der Waals surface area (Å²) in [5.41, 5.74) is 1.60. The number of benzene rings is 1. The molecule has 1 aromatic carbocycles. The van der Waals surface area contributed by atoms with Crippen molar-refractivity contribution in [3.63, 3.8) is 0 Å². The van der Waals surface area contributed by atoms with Crippen molar-refractivity contribution in [2.75, 3.05) is 18.4 Å². The molecule has 0 unspecified atom stereocenters. The Morgan fingerprint density at radius 1 is 1.06 bits per heavy atom. The van der Waals surface area contributed by atoms with E-state index in [1.54, 1.807) is 17.5 Å². The van der Waals surface area contributed by atoms with Crippen molar-refractivity contribution in [2.45, 2.75) is 49.3 Å². The van der Waals surface area contributed by atoms with E-state index in [-0.39, 0.29) is 18.4 Å². The first-order valence-electron chi connectivity index (χ1n) is 11.4. The van der Waals surface area contributed by atoms with Crippen LogP contribution in [0, 0.1) is 5.92 Å². The lowest BCUT2D eigenvalue weighted by atomic mass is 9.98. The normalized spacial score (nSPS) is 19.6. The van der Waals surface area contributed by atoms with Crippen LogP contribution in [0.2, 0.25) is 0 Å². The standard InChI is InChI=1S/C23H27N5O3S2/c29-23(18-8-5-12-27(16-18)33(30,31)21-11-6-14-32-21)24-19-9-4-7-17(15-19)22-26-25-20-10-2-1-3-13-28(20)22/h4,6-7,9,11,14-15,18H,1-3,5,8,10,12-13,16H2,(H,24,29)/t18-/m0/s1. The highest BCUT2D eigenvalue weighted by atomic mass is 32.2. The van der Waals surface area contributed by atoms with Gasteiger partial charge >= 0.3 is 0 Å². The van der Waals surface area contributed by atoms with Gasteiger partial charge in [0.1, 0.15) is 10.0 Å². The van der Waals surface area contributed by atoms with Crippen LogP contribution in [0.15, 0.2) is 46.0 Å². The Kier molecular flexibility index (Phi) is 6.31. The molecule has 174 valence electrons. The van der Waals surface area contributed by atoms with Crippen LogP contribution in [0.25, 0.3) is 11.4 Å². The van der Waals surface area contributed by atoms with Gasteiger partial charge in [0.2, 0.25) is 5.91 Å². The summed E-state index contributed by atoms with van der Waals surface area (Å²) in [4.78, 5) is 13.0. The molecule has 0 bridgehead atoms. The van der Waals surface area contributed by atoms with Gasteiger partial charge in [0.15, 0.2) is 5.82 Å². The largest absolute Gasteiger partial charge is 0.326 e. The fraction of sp³-hybridized carbons (Fsp3) is 0.435. The molecule has 0 saturated carbocycles. The van der Waals surface area contributed by atoms with E-state index < -0.39 is 10.0 Å². The van der Waals surface area contributed by atoms with Crippen molar-refractivity contribution in [3.05, 3.63) is 47.6 Å². The van der Waals surface area contributed by atoms with Crippen LogP contribution >= 0.6 is 11.3 Å². The van der Waals surface area contributed by atoms with Gasteiger partial charge in [-0.15, -0.1) is 21.5 Å². The van der Waals surface area contributed by atoms with Crippen LogP contribution in [0.4, 0.5) is 5.69 Å². The third-order valence-corrected chi connectivity index (χ3v) is 9.58. The van der Waals surface area contributed by atoms with Gasteiger partial charge in [0, 0.05) is 37.3 Å². The van der Waals surface area contributed by atoms with Crippen LogP contribution < -0.4 is 5.32 Å². The Hall–Kier alpha value is -2.56. The van der Waals surface area contributed by atoms with Gasteiger partial charge in [-0.2, -0.15) is 4.31 Å². The van der Waals surface area contributed by atoms with Gasteiger partial charge in [-0.05, 0) is 49.3 Å². The lowest BCUT2D eigenvalue weighted by Gasteiger charge is -2.30. The minimum Gasteiger partial charge on any atom is -0.326 e. The van der Waals surface area contributed by atoms with E-state index in [0.29, 0.717) is 29.3 Å². The van der Waals surface area contributed by atoms with Gasteiger partial charge in [0.05, 0.1) is 5.92 Å². The van der Waals surface area contributed by atoms with Crippen LogP contribution in [0.5, 0.6) is 0 Å². The predicted octanol–water partition coefficient (Wildman–Crippen LogP) is 3.77. The number of hydrogen-bond donors (Lipinski definition) is 1. The maximum atomic E-state index is 13.0. The zero-order valence-electron chi connectivity index (χ0n) is 18.3. The molecule has 8 nitrogen and oxygen atoms in total. The van der Waals surface area contributed by atoms with Crippen LogP contribution in [-0.4, -0.2) is 46.5 Å². The van der Waals surface area contributed by atoms with Crippen molar-refractivity contribution < 1.29 is 13.2 Å². The van der Waals surface area contributed by atoms with Crippen molar-refractivity contribution in [2.24, 2.45) is 5.92 Å². The maximum Gasteiger partial charge on any atom is 0.252 e. The highest BCUT2D eigenvalue weighted by molar-refractivity contribution is 7.91. The quantitative estimate of drug-likeness (QED) is 0.593. The number of aromatic nitrogens is 3. The number of aryl methyl sites for hydroxylation is 1. The van der Waals surface area contributed by atoms with Gasteiger partial charge < -0.3 is 9.88 Å². The number of nitrogens with one attached hydrogen (secondary N) is 1. The zero-order chi connectivity index (χ0) is 22.8. The van der Waals surface area contributed by atoms with Crippen molar-refractivity contribution >= 4 is 33.0 Å². The minimum absolute atomic E-state index is 0.154. The monoisotopic (exact) mass is 485 g/mol. The zero-order valence-corrected chi connectivity index (χ0v) is 19.9. The van der Waals surface area contributed by atoms with Crippen molar-refractivity contribution in [3.8, 4) is 11.4 Å². The number of sulfonamides is 1. The summed E-state index contributed by atoms with van der Waals surface area (Å²) in [6.07, 6.45) is 5.71. The van der Waals surface area contributed by atoms with Crippen LogP contribution in [0.1, 0.15) is 37.9 Å². The smallest absolute Gasteiger partial charge is 0.252 e. The predicted molar refractivity (Wildman–Crippen MR) is 127 cm³/mol. The van der Waals surface area contributed by atoms with Gasteiger partial charge in [-0.1, -0.05) is 24.6 Å². The Balaban J connectivity index is 1.30. The summed E-state index contributed by atoms with van der Waals surface area (Å²) in [6, 6.07) is 11.0. The molecule has 1 atom stereocenters. The molecule has 2 aromatic heterocycles. The van der Waals surface area contributed by atoms with Crippen molar-refractivity contribution in [1.82, 2.24) is 19.1 Å². The van der Waals surface area contributed by atoms with E-state index in [1.165, 1.54) is 22.1 Å². The highest BCUT2D eigenvalue weighted by Gasteiger charge is 2.33. The van der Waals surface area contributed by atoms with Gasteiger partial charge in [-0.25, -0.2) is 8.42 Å². The number of carbonyl (C=O) groups is 1. The highest BCUT2D eigenvalue weighted by Crippen LogP contribution is 2.28. The molecule has 10 heteroatoms. The third kappa shape index (κ3) is 4.60. The Morgan fingerprint density at radius 3 is 2.82 bits per heavy atom. The molecule has 1 fully saturated rings. The lowest BCUT2D eigenvalue weighted by Crippen LogP contribution is -2.43. The van der Waals surface area contributed by atoms with E-state index in [2.05, 4.69) is 20.1 Å². The van der Waals surface area contributed by atoms with E-state index in [1.807, 2.05) is 24.3 Å². The second-order valence-corrected chi connectivity index (χ2v) is 11.7. The third-order valence-electron chi connectivity index (χ3n) is 6.34. The summed E-state index contributed by atoms with van der Waals surface area (Å²) >= 11 is 1.20. The minimum atomic E-state index is -3.55. The fourth-order valence-electron chi connectivity index (χ4n) is 4.59. The molecule has 0 radical (unpaired) electrons. The fourth-order valence-corrected chi connectivity index (χ4v) is 7.26. The van der Waals surface area contributed by atoms with Crippen LogP contribution in [0.3, 0.4) is 0 Å². The molecule has 0 aliphatic carbocycles. The number of anilines is 1. The first kappa shape index (κ1) is 22.2. The Bertz CT molecular complexity index is 1240. The molecule has 0 spiro atoms. The number of carbonyl (C=O) groups excluding carboxylic acids is 1. The molecule has 4 heterocycles. The first-order chi connectivity index (χ1) is 16.0. The molecule has 5 rings (SSSR count). The molecule has 2 aliphatic rings. The van der Waals surface area contributed by atoms with Gasteiger partial charge in [0.25, 0.3) is 10.0 Å². The Labute approximate surface area is 197 Å². The molecule has 1 amide bonds. The molecule has 1 saturated heterocycles. The number of piperidine rings is 1. The summed E-state index contributed by atoms with van der Waals surface area (Å²) < 4.78 is 29.7. The molecule has 33 heavy (non-hydrogen) atoms. The van der Waals surface area contributed by atoms with E-state index >= 15 is 0 Å². The topological polar surface area (TPSA) is 97.2 Å². The molecular weight excluding hydrogens is 458 g/mol. The molecule has 1 N–H and O–H groups in total. The number of rotatable bonds is 5. The number of amides is 1.